The Morgan fingerprint density at radius 1 is 1.22 bits per heavy atom. The van der Waals surface area contributed by atoms with Crippen LogP contribution in [-0.2, 0) is 0 Å². The quantitative estimate of drug-likeness (QED) is 0.678. The Morgan fingerprint density at radius 2 is 1.67 bits per heavy atom. The molecule has 0 saturated heterocycles. The van der Waals surface area contributed by atoms with Gasteiger partial charge in [-0.15, -0.1) is 0 Å². The van der Waals surface area contributed by atoms with Gasteiger partial charge in [-0.1, -0.05) is 52.6 Å². The first-order valence-electron chi connectivity index (χ1n) is 3.37. The van der Waals surface area contributed by atoms with Gasteiger partial charge in [0.15, 0.2) is 0 Å². The van der Waals surface area contributed by atoms with Crippen LogP contribution in [0.15, 0.2) is 0 Å². The number of halogens is 2. The fourth-order valence-corrected chi connectivity index (χ4v) is 1.90. The van der Waals surface area contributed by atoms with Crippen LogP contribution < -0.4 is 0 Å². The normalized spacial score (nSPS) is 21.0. The molecule has 0 rings (SSSR count). The summed E-state index contributed by atoms with van der Waals surface area (Å²) >= 11 is 7.16. The Labute approximate surface area is 74.7 Å². The smallest absolute Gasteiger partial charge is 0.0179 e. The van der Waals surface area contributed by atoms with E-state index in [-0.39, 0.29) is 0 Å². The average Bonchev–Trinajstić information content (AvgIpc) is 1.84. The van der Waals surface area contributed by atoms with Crippen molar-refractivity contribution < 1.29 is 0 Å². The zero-order valence-electron chi connectivity index (χ0n) is 6.20. The fourth-order valence-electron chi connectivity index (χ4n) is 0.660. The lowest BCUT2D eigenvalue weighted by atomic mass is 10.0. The van der Waals surface area contributed by atoms with Gasteiger partial charge in [0, 0.05) is 9.65 Å². The van der Waals surface area contributed by atoms with Crippen molar-refractivity contribution in [2.24, 2.45) is 5.92 Å². The molecule has 0 aromatic rings. The molecular formula is C7H14Br2. The summed E-state index contributed by atoms with van der Waals surface area (Å²) in [6, 6.07) is 0. The zero-order chi connectivity index (χ0) is 7.44. The molecule has 0 aromatic heterocycles. The van der Waals surface area contributed by atoms with Crippen LogP contribution in [-0.4, -0.2) is 9.65 Å². The molecule has 3 atom stereocenters. The van der Waals surface area contributed by atoms with Crippen molar-refractivity contribution in [3.8, 4) is 0 Å². The number of hydrogen-bond acceptors (Lipinski definition) is 0. The summed E-state index contributed by atoms with van der Waals surface area (Å²) in [5, 5.41) is 0. The highest BCUT2D eigenvalue weighted by atomic mass is 79.9. The molecule has 0 spiro atoms. The van der Waals surface area contributed by atoms with Crippen LogP contribution in [0.5, 0.6) is 0 Å². The van der Waals surface area contributed by atoms with Gasteiger partial charge in [-0.2, -0.15) is 0 Å². The predicted octanol–water partition coefficient (Wildman–Crippen LogP) is 3.58. The third-order valence-corrected chi connectivity index (χ3v) is 4.00. The van der Waals surface area contributed by atoms with Gasteiger partial charge in [0.2, 0.25) is 0 Å². The molecule has 3 unspecified atom stereocenters. The summed E-state index contributed by atoms with van der Waals surface area (Å²) in [6.07, 6.45) is 1.21. The second-order valence-electron chi connectivity index (χ2n) is 2.46. The number of hydrogen-bond donors (Lipinski definition) is 0. The van der Waals surface area contributed by atoms with Gasteiger partial charge < -0.3 is 0 Å². The monoisotopic (exact) mass is 256 g/mol. The first kappa shape index (κ1) is 9.96. The van der Waals surface area contributed by atoms with Gasteiger partial charge in [0.25, 0.3) is 0 Å². The van der Waals surface area contributed by atoms with Gasteiger partial charge in [-0.05, 0) is 12.3 Å². The first-order chi connectivity index (χ1) is 4.09. The van der Waals surface area contributed by atoms with E-state index in [4.69, 9.17) is 0 Å². The predicted molar refractivity (Wildman–Crippen MR) is 50.6 cm³/mol. The molecule has 0 heterocycles. The minimum absolute atomic E-state index is 0.613. The van der Waals surface area contributed by atoms with Crippen molar-refractivity contribution in [2.45, 2.75) is 36.8 Å². The third kappa shape index (κ3) is 3.61. The van der Waals surface area contributed by atoms with Crippen molar-refractivity contribution in [3.63, 3.8) is 0 Å². The summed E-state index contributed by atoms with van der Waals surface area (Å²) in [4.78, 5) is 1.27. The number of alkyl halides is 2. The van der Waals surface area contributed by atoms with E-state index in [1.54, 1.807) is 0 Å². The van der Waals surface area contributed by atoms with Crippen LogP contribution in [0.25, 0.3) is 0 Å². The molecule has 0 nitrogen and oxygen atoms in total. The van der Waals surface area contributed by atoms with Gasteiger partial charge in [0.05, 0.1) is 0 Å². The van der Waals surface area contributed by atoms with Crippen molar-refractivity contribution in [3.05, 3.63) is 0 Å². The van der Waals surface area contributed by atoms with E-state index in [1.807, 2.05) is 0 Å². The molecule has 56 valence electrons. The lowest BCUT2D eigenvalue weighted by Crippen LogP contribution is -2.17. The molecule has 0 radical (unpaired) electrons. The van der Waals surface area contributed by atoms with E-state index in [0.717, 1.165) is 5.92 Å². The Kier molecular flexibility index (Phi) is 5.23. The van der Waals surface area contributed by atoms with E-state index in [9.17, 15) is 0 Å². The van der Waals surface area contributed by atoms with Gasteiger partial charge in [-0.3, -0.25) is 0 Å². The van der Waals surface area contributed by atoms with Crippen LogP contribution in [0.4, 0.5) is 0 Å². The highest BCUT2D eigenvalue weighted by molar-refractivity contribution is 9.10. The van der Waals surface area contributed by atoms with Crippen LogP contribution in [0, 0.1) is 5.92 Å². The molecule has 0 bridgehead atoms. The largest absolute Gasteiger partial charge is 0.0890 e. The highest BCUT2D eigenvalue weighted by Gasteiger charge is 2.15. The Bertz CT molecular complexity index is 71.3. The Morgan fingerprint density at radius 3 is 1.78 bits per heavy atom. The maximum atomic E-state index is 3.61. The first-order valence-corrected chi connectivity index (χ1v) is 5.20. The summed E-state index contributed by atoms with van der Waals surface area (Å²) in [6.45, 7) is 6.64. The molecule has 2 heteroatoms. The second-order valence-corrected chi connectivity index (χ2v) is 5.08. The summed E-state index contributed by atoms with van der Waals surface area (Å²) < 4.78 is 0. The third-order valence-electron chi connectivity index (χ3n) is 1.69. The van der Waals surface area contributed by atoms with Crippen molar-refractivity contribution in [2.75, 3.05) is 0 Å². The molecule has 0 aromatic carbocycles. The topological polar surface area (TPSA) is 0 Å². The van der Waals surface area contributed by atoms with E-state index in [1.165, 1.54) is 6.42 Å². The van der Waals surface area contributed by atoms with Gasteiger partial charge >= 0.3 is 0 Å². The summed E-state index contributed by atoms with van der Waals surface area (Å²) in [7, 11) is 0. The van der Waals surface area contributed by atoms with Crippen molar-refractivity contribution in [1.29, 1.82) is 0 Å². The average molecular weight is 258 g/mol. The summed E-state index contributed by atoms with van der Waals surface area (Å²) in [5.41, 5.74) is 0. The van der Waals surface area contributed by atoms with Crippen LogP contribution >= 0.6 is 31.9 Å². The number of rotatable bonds is 3. The van der Waals surface area contributed by atoms with Crippen molar-refractivity contribution in [1.82, 2.24) is 0 Å². The lowest BCUT2D eigenvalue weighted by Gasteiger charge is -2.18. The summed E-state index contributed by atoms with van der Waals surface area (Å²) in [5.74, 6) is 0.718. The molecule has 0 aliphatic carbocycles. The van der Waals surface area contributed by atoms with E-state index in [2.05, 4.69) is 52.6 Å². The minimum Gasteiger partial charge on any atom is -0.0890 e. The SMILES string of the molecule is CCC(Br)C(C)C(C)Br. The minimum atomic E-state index is 0.613. The van der Waals surface area contributed by atoms with E-state index >= 15 is 0 Å². The van der Waals surface area contributed by atoms with Gasteiger partial charge in [-0.25, -0.2) is 0 Å². The van der Waals surface area contributed by atoms with Gasteiger partial charge in [0.1, 0.15) is 0 Å². The van der Waals surface area contributed by atoms with E-state index < -0.39 is 0 Å². The highest BCUT2D eigenvalue weighted by Crippen LogP contribution is 2.23. The van der Waals surface area contributed by atoms with Crippen LogP contribution in [0.3, 0.4) is 0 Å². The molecular weight excluding hydrogens is 244 g/mol. The zero-order valence-corrected chi connectivity index (χ0v) is 9.37. The fraction of sp³-hybridized carbons (Fsp3) is 1.00. The Balaban J connectivity index is 3.58. The molecule has 0 fully saturated rings. The molecule has 0 aliphatic heterocycles. The van der Waals surface area contributed by atoms with Crippen LogP contribution in [0.2, 0.25) is 0 Å². The standard InChI is InChI=1S/C7H14Br2/c1-4-7(9)5(2)6(3)8/h5-7H,4H2,1-3H3. The molecule has 0 saturated carbocycles. The molecule has 0 N–H and O–H groups in total. The molecule has 0 aliphatic rings. The van der Waals surface area contributed by atoms with E-state index in [0.29, 0.717) is 9.65 Å². The second kappa shape index (κ2) is 4.73. The maximum absolute atomic E-state index is 3.61. The molecule has 9 heavy (non-hydrogen) atoms. The lowest BCUT2D eigenvalue weighted by molar-refractivity contribution is 0.549. The van der Waals surface area contributed by atoms with Crippen LogP contribution in [0.1, 0.15) is 27.2 Å². The molecule has 0 amide bonds. The Hall–Kier alpha value is 0.960. The van der Waals surface area contributed by atoms with Crippen molar-refractivity contribution >= 4 is 31.9 Å². The maximum Gasteiger partial charge on any atom is 0.0179 e.